The van der Waals surface area contributed by atoms with Crippen LogP contribution in [0.25, 0.3) is 0 Å². The van der Waals surface area contributed by atoms with Crippen molar-refractivity contribution in [1.82, 2.24) is 0 Å². The zero-order valence-corrected chi connectivity index (χ0v) is 11.0. The summed E-state index contributed by atoms with van der Waals surface area (Å²) >= 11 is 6.25. The van der Waals surface area contributed by atoms with Gasteiger partial charge in [0.05, 0.1) is 14.2 Å². The lowest BCUT2D eigenvalue weighted by atomic mass is 10.0. The van der Waals surface area contributed by atoms with Gasteiger partial charge in [-0.05, 0) is 30.0 Å². The summed E-state index contributed by atoms with van der Waals surface area (Å²) in [6.07, 6.45) is 0.847. The van der Waals surface area contributed by atoms with Gasteiger partial charge >= 0.3 is 0 Å². The molecule has 0 fully saturated rings. The molecule has 1 rings (SSSR count). The molecule has 3 heteroatoms. The minimum Gasteiger partial charge on any atom is -0.493 e. The Labute approximate surface area is 103 Å². The van der Waals surface area contributed by atoms with Crippen LogP contribution < -0.4 is 9.47 Å². The number of rotatable bonds is 5. The molecule has 1 aromatic rings. The van der Waals surface area contributed by atoms with Crippen LogP contribution in [0.3, 0.4) is 0 Å². The first-order chi connectivity index (χ1) is 7.58. The van der Waals surface area contributed by atoms with Gasteiger partial charge in [-0.3, -0.25) is 0 Å². The molecule has 90 valence electrons. The van der Waals surface area contributed by atoms with Gasteiger partial charge in [0.2, 0.25) is 0 Å². The van der Waals surface area contributed by atoms with E-state index < -0.39 is 0 Å². The van der Waals surface area contributed by atoms with Gasteiger partial charge in [0.1, 0.15) is 0 Å². The van der Waals surface area contributed by atoms with E-state index in [0.717, 1.165) is 17.9 Å². The molecular formula is C13H19ClO2. The molecule has 1 aromatic carbocycles. The molecule has 0 aliphatic rings. The summed E-state index contributed by atoms with van der Waals surface area (Å²) in [5.41, 5.74) is 1.17. The van der Waals surface area contributed by atoms with Crippen LogP contribution in [-0.2, 0) is 6.42 Å². The number of methoxy groups -OCH3 is 2. The van der Waals surface area contributed by atoms with Crippen LogP contribution in [0.1, 0.15) is 19.4 Å². The number of hydrogen-bond acceptors (Lipinski definition) is 2. The quantitative estimate of drug-likeness (QED) is 0.736. The van der Waals surface area contributed by atoms with Crippen molar-refractivity contribution in [2.75, 3.05) is 14.2 Å². The molecule has 0 amide bonds. The van der Waals surface area contributed by atoms with Gasteiger partial charge in [0.15, 0.2) is 11.5 Å². The molecule has 0 saturated heterocycles. The van der Waals surface area contributed by atoms with Crippen LogP contribution in [-0.4, -0.2) is 19.6 Å². The van der Waals surface area contributed by atoms with Crippen molar-refractivity contribution < 1.29 is 9.47 Å². The predicted molar refractivity (Wildman–Crippen MR) is 67.7 cm³/mol. The Morgan fingerprint density at radius 1 is 1.12 bits per heavy atom. The third kappa shape index (κ3) is 3.31. The van der Waals surface area contributed by atoms with Crippen molar-refractivity contribution in [3.05, 3.63) is 23.8 Å². The number of halogens is 1. The van der Waals surface area contributed by atoms with Crippen LogP contribution in [0.4, 0.5) is 0 Å². The van der Waals surface area contributed by atoms with Gasteiger partial charge in [0, 0.05) is 5.38 Å². The Balaban J connectivity index is 2.82. The highest BCUT2D eigenvalue weighted by molar-refractivity contribution is 6.20. The lowest BCUT2D eigenvalue weighted by Crippen LogP contribution is -2.11. The fraction of sp³-hybridized carbons (Fsp3) is 0.538. The lowest BCUT2D eigenvalue weighted by Gasteiger charge is -2.14. The van der Waals surface area contributed by atoms with Crippen molar-refractivity contribution in [3.8, 4) is 11.5 Å². The largest absolute Gasteiger partial charge is 0.493 e. The van der Waals surface area contributed by atoms with E-state index in [4.69, 9.17) is 21.1 Å². The van der Waals surface area contributed by atoms with E-state index in [9.17, 15) is 0 Å². The van der Waals surface area contributed by atoms with E-state index in [1.807, 2.05) is 18.2 Å². The maximum atomic E-state index is 6.25. The molecule has 0 aliphatic heterocycles. The third-order valence-electron chi connectivity index (χ3n) is 2.60. The average Bonchev–Trinajstić information content (AvgIpc) is 2.28. The van der Waals surface area contributed by atoms with Crippen LogP contribution in [0.5, 0.6) is 11.5 Å². The highest BCUT2D eigenvalue weighted by atomic mass is 35.5. The summed E-state index contributed by atoms with van der Waals surface area (Å²) in [4.78, 5) is 0. The Bertz CT molecular complexity index is 337. The summed E-state index contributed by atoms with van der Waals surface area (Å²) in [5.74, 6) is 1.98. The van der Waals surface area contributed by atoms with Crippen LogP contribution >= 0.6 is 11.6 Å². The minimum absolute atomic E-state index is 0.151. The molecule has 0 radical (unpaired) electrons. The maximum absolute atomic E-state index is 6.25. The molecule has 0 bridgehead atoms. The third-order valence-corrected chi connectivity index (χ3v) is 3.26. The summed E-state index contributed by atoms with van der Waals surface area (Å²) in [6.45, 7) is 4.25. The molecule has 0 spiro atoms. The van der Waals surface area contributed by atoms with E-state index in [1.165, 1.54) is 5.56 Å². The fourth-order valence-electron chi connectivity index (χ4n) is 1.47. The smallest absolute Gasteiger partial charge is 0.160 e. The van der Waals surface area contributed by atoms with Gasteiger partial charge in [-0.25, -0.2) is 0 Å². The molecule has 0 N–H and O–H groups in total. The van der Waals surface area contributed by atoms with E-state index in [2.05, 4.69) is 13.8 Å². The van der Waals surface area contributed by atoms with Crippen LogP contribution in [0.2, 0.25) is 0 Å². The number of ether oxygens (including phenoxy) is 2. The molecule has 0 aromatic heterocycles. The summed E-state index contributed by atoms with van der Waals surface area (Å²) in [5, 5.41) is 0.151. The molecule has 0 saturated carbocycles. The van der Waals surface area contributed by atoms with Crippen molar-refractivity contribution in [2.45, 2.75) is 25.6 Å². The fourth-order valence-corrected chi connectivity index (χ4v) is 1.65. The second kappa shape index (κ2) is 6.00. The van der Waals surface area contributed by atoms with Crippen molar-refractivity contribution in [2.24, 2.45) is 5.92 Å². The molecule has 0 aliphatic carbocycles. The SMILES string of the molecule is COc1ccc(CC(Cl)C(C)C)cc1OC. The standard InChI is InChI=1S/C13H19ClO2/c1-9(2)11(14)7-10-5-6-12(15-3)13(8-10)16-4/h5-6,8-9,11H,7H2,1-4H3. The summed E-state index contributed by atoms with van der Waals surface area (Å²) in [7, 11) is 3.28. The Hall–Kier alpha value is -0.890. The van der Waals surface area contributed by atoms with Gasteiger partial charge in [0.25, 0.3) is 0 Å². The molecule has 0 heterocycles. The maximum Gasteiger partial charge on any atom is 0.160 e. The average molecular weight is 243 g/mol. The van der Waals surface area contributed by atoms with E-state index in [0.29, 0.717) is 5.92 Å². The Kier molecular flexibility index (Phi) is 4.94. The Morgan fingerprint density at radius 3 is 2.25 bits per heavy atom. The number of hydrogen-bond donors (Lipinski definition) is 0. The minimum atomic E-state index is 0.151. The van der Waals surface area contributed by atoms with Gasteiger partial charge in [-0.2, -0.15) is 0 Å². The van der Waals surface area contributed by atoms with Crippen molar-refractivity contribution >= 4 is 11.6 Å². The molecule has 2 nitrogen and oxygen atoms in total. The molecule has 1 atom stereocenters. The first-order valence-corrected chi connectivity index (χ1v) is 5.87. The van der Waals surface area contributed by atoms with Crippen molar-refractivity contribution in [3.63, 3.8) is 0 Å². The first-order valence-electron chi connectivity index (χ1n) is 5.43. The van der Waals surface area contributed by atoms with E-state index >= 15 is 0 Å². The van der Waals surface area contributed by atoms with Gasteiger partial charge in [-0.1, -0.05) is 19.9 Å². The van der Waals surface area contributed by atoms with Crippen LogP contribution in [0.15, 0.2) is 18.2 Å². The summed E-state index contributed by atoms with van der Waals surface area (Å²) < 4.78 is 10.4. The second-order valence-corrected chi connectivity index (χ2v) is 4.71. The van der Waals surface area contributed by atoms with E-state index in [-0.39, 0.29) is 5.38 Å². The summed E-state index contributed by atoms with van der Waals surface area (Å²) in [6, 6.07) is 5.92. The second-order valence-electron chi connectivity index (χ2n) is 4.15. The predicted octanol–water partition coefficient (Wildman–Crippen LogP) is 3.51. The molecule has 16 heavy (non-hydrogen) atoms. The molecule has 1 unspecified atom stereocenters. The number of benzene rings is 1. The number of alkyl halides is 1. The normalized spacial score (nSPS) is 12.6. The van der Waals surface area contributed by atoms with Crippen molar-refractivity contribution in [1.29, 1.82) is 0 Å². The van der Waals surface area contributed by atoms with Gasteiger partial charge in [-0.15, -0.1) is 11.6 Å². The van der Waals surface area contributed by atoms with Crippen LogP contribution in [0, 0.1) is 5.92 Å². The zero-order valence-electron chi connectivity index (χ0n) is 10.3. The monoisotopic (exact) mass is 242 g/mol. The lowest BCUT2D eigenvalue weighted by molar-refractivity contribution is 0.354. The highest BCUT2D eigenvalue weighted by Gasteiger charge is 2.12. The Morgan fingerprint density at radius 2 is 1.75 bits per heavy atom. The molecular weight excluding hydrogens is 224 g/mol. The zero-order chi connectivity index (χ0) is 12.1. The topological polar surface area (TPSA) is 18.5 Å². The first kappa shape index (κ1) is 13.2. The van der Waals surface area contributed by atoms with E-state index in [1.54, 1.807) is 14.2 Å². The van der Waals surface area contributed by atoms with Gasteiger partial charge < -0.3 is 9.47 Å². The highest BCUT2D eigenvalue weighted by Crippen LogP contribution is 2.29.